The van der Waals surface area contributed by atoms with Gasteiger partial charge in [-0.1, -0.05) is 155 Å². The first-order valence-corrected chi connectivity index (χ1v) is 35.5. The highest BCUT2D eigenvalue weighted by atomic mass is 35.5. The molecule has 3 unspecified atom stereocenters. The van der Waals surface area contributed by atoms with Crippen LogP contribution in [-0.4, -0.2) is 167 Å². The van der Waals surface area contributed by atoms with E-state index in [9.17, 15) is 74.3 Å². The molecule has 0 saturated carbocycles. The number of azide groups is 3. The maximum Gasteiger partial charge on any atom is 0.338 e. The number of esters is 6. The number of aromatic amines is 3. The number of carbonyl (C=O) groups is 6. The van der Waals surface area contributed by atoms with E-state index in [1.165, 1.54) is 128 Å². The number of carbonyl (C=O) groups excluding carboxylic acids is 6. The molecule has 0 aliphatic carbocycles. The monoisotopic (exact) mass is 1670 g/mol. The topological polar surface area (TPSA) is 532 Å². The van der Waals surface area contributed by atoms with Gasteiger partial charge < -0.3 is 62.7 Å². The Morgan fingerprint density at radius 2 is 0.802 bits per heavy atom. The number of hydrogen-bond acceptors (Lipinski definition) is 28. The molecule has 0 spiro atoms. The second-order valence-electron chi connectivity index (χ2n) is 24.6. The summed E-state index contributed by atoms with van der Waals surface area (Å²) >= 11 is 21.8. The van der Waals surface area contributed by atoms with Gasteiger partial charge in [0.25, 0.3) is 5.56 Å². The summed E-state index contributed by atoms with van der Waals surface area (Å²) in [7, 11) is 0. The van der Waals surface area contributed by atoms with Crippen LogP contribution in [0, 0.1) is 9.28 Å². The second-order valence-corrected chi connectivity index (χ2v) is 26.4. The zero-order chi connectivity index (χ0) is 82.4. The molecule has 4 saturated heterocycles. The first-order valence-electron chi connectivity index (χ1n) is 34.0. The summed E-state index contributed by atoms with van der Waals surface area (Å²) in [5, 5.41) is 40.2. The molecular formula is C74H67Cl2N15O23S2. The Morgan fingerprint density at radius 3 is 1.14 bits per heavy atom. The van der Waals surface area contributed by atoms with Gasteiger partial charge >= 0.3 is 52.9 Å². The predicted molar refractivity (Wildman–Crippen MR) is 411 cm³/mol. The summed E-state index contributed by atoms with van der Waals surface area (Å²) in [5.74, 6) is -5.45. The number of rotatable bonds is 21. The molecule has 602 valence electrons. The molecule has 13 rings (SSSR count). The third-order valence-corrected chi connectivity index (χ3v) is 18.1. The summed E-state index contributed by atoms with van der Waals surface area (Å²) in [6.45, 7) is -0.560. The first-order chi connectivity index (χ1) is 55.4. The molecule has 7 heterocycles. The highest BCUT2D eigenvalue weighted by Crippen LogP contribution is 2.45. The summed E-state index contributed by atoms with van der Waals surface area (Å²) in [6.07, 6.45) is -8.57. The Balaban J connectivity index is 0.000000204. The minimum Gasteiger partial charge on any atom is -0.459 e. The average Bonchev–Trinajstić information content (AvgIpc) is 1.60. The van der Waals surface area contributed by atoms with Gasteiger partial charge in [0.2, 0.25) is 17.2 Å². The number of hydrogen-bond donors (Lipinski definition) is 6. The molecule has 116 heavy (non-hydrogen) atoms. The average molecular weight is 1670 g/mol. The van der Waals surface area contributed by atoms with Gasteiger partial charge in [0.15, 0.2) is 43.1 Å². The van der Waals surface area contributed by atoms with E-state index in [2.05, 4.69) is 45.0 Å². The van der Waals surface area contributed by atoms with Crippen LogP contribution in [0.3, 0.4) is 0 Å². The van der Waals surface area contributed by atoms with Gasteiger partial charge in [-0.3, -0.25) is 33.4 Å². The quantitative estimate of drug-likeness (QED) is 0.00972. The van der Waals surface area contributed by atoms with E-state index in [0.717, 1.165) is 39.2 Å². The molecule has 4 aliphatic heterocycles. The van der Waals surface area contributed by atoms with Crippen LogP contribution in [0.4, 0.5) is 0 Å². The molecule has 9 aromatic rings. The van der Waals surface area contributed by atoms with Crippen molar-refractivity contribution in [1.82, 2.24) is 28.7 Å². The number of benzene rings is 6. The molecule has 6 aromatic carbocycles. The van der Waals surface area contributed by atoms with E-state index in [4.69, 9.17) is 101 Å². The lowest BCUT2D eigenvalue weighted by Gasteiger charge is -2.29. The van der Waals surface area contributed by atoms with Crippen LogP contribution >= 0.6 is 47.6 Å². The summed E-state index contributed by atoms with van der Waals surface area (Å²) < 4.78 is 59.5. The van der Waals surface area contributed by atoms with Crippen LogP contribution in [0.25, 0.3) is 31.3 Å². The molecule has 0 radical (unpaired) electrons. The molecule has 4 fully saturated rings. The predicted octanol–water partition coefficient (Wildman–Crippen LogP) is 10.0. The van der Waals surface area contributed by atoms with Gasteiger partial charge in [-0.2, -0.15) is 0 Å². The molecule has 38 nitrogen and oxygen atoms in total. The lowest BCUT2D eigenvalue weighted by atomic mass is 10.0. The number of nitrogens with zero attached hydrogens (tertiary/aromatic N) is 12. The minimum absolute atomic E-state index is 0. The van der Waals surface area contributed by atoms with Crippen LogP contribution in [-0.2, 0) is 47.4 Å². The van der Waals surface area contributed by atoms with Crippen molar-refractivity contribution < 1.29 is 91.5 Å². The van der Waals surface area contributed by atoms with E-state index in [1.807, 2.05) is 0 Å². The van der Waals surface area contributed by atoms with Gasteiger partial charge in [-0.05, 0) is 126 Å². The molecule has 42 heteroatoms. The van der Waals surface area contributed by atoms with Crippen LogP contribution in [0.5, 0.6) is 0 Å². The molecule has 4 aliphatic rings. The van der Waals surface area contributed by atoms with E-state index in [-0.39, 0.29) is 60.1 Å². The Morgan fingerprint density at radius 1 is 0.466 bits per heavy atom. The fourth-order valence-corrected chi connectivity index (χ4v) is 12.3. The minimum atomic E-state index is -2.39. The zero-order valence-corrected chi connectivity index (χ0v) is 62.4. The highest BCUT2D eigenvalue weighted by Gasteiger charge is 2.63. The Labute approximate surface area is 673 Å². The van der Waals surface area contributed by atoms with Crippen LogP contribution in [0.15, 0.2) is 241 Å². The SMILES string of the molecule is C.C1CCOC1.[N-]=[N+]=N[C@]1(CO)O[C@@H](n2ccc(=S)[nH]c2=O)C(O)[C@H]1O.[N-]=[N+]=N[C@]1(COC(=O)c2cccc(Cl)c2)O[C@@H](n2ccc(=O)[nH]c2=O)C(OC(=O)c2ccccc2)[C@H]1OC(=O)c1ccccc1.[N-]=[N+]=N[C@]1(COC(=O)c2cccc(Cl)c2)O[C@@H](n2ccc(=S)[nH]c2=O)C(OC(=O)c2ccccc2)[C@H]1OC(=O)c1ccccc1. The molecular weight excluding hydrogens is 1600 g/mol. The Kier molecular flexibility index (Phi) is 30.3. The second kappa shape index (κ2) is 40.3. The number of ether oxygens (including phenoxy) is 10. The van der Waals surface area contributed by atoms with Crippen LogP contribution in [0.1, 0.15) is 101 Å². The van der Waals surface area contributed by atoms with E-state index in [0.29, 0.717) is 0 Å². The standard InChI is InChI=1S/C30H22ClN5O9.C30H22ClN5O8S.C9H11N5O5S.C4H8O.CH4/c31-21-13-7-12-20(16-21)26(38)42-17-30(34-35-32)24(44-28(40)19-10-5-2-6-11-19)23(43-27(39)18-8-3-1-4-9-18)25(45-30)36-15-14-22(37)33-29(36)41;31-21-13-7-12-20(16-21)26(37)41-17-30(34-35-32)24(43-28(39)19-10-5-2-6-11-19)23(42-27(38)18-8-3-1-4-9-18)25(44-30)36-15-14-22(45)33-29(36)40;10-13-12-9(3-15)6(17)5(16)7(19-9)14-2-1-4(20)11-8(14)18;1-2-4-5-3-1;/h1-16,23-25H,17H2,(H,33,37,41);1-16,23-25H,17H2,(H,33,40,45);1-2,5-7,15-17H,3H2,(H,11,18,20);1-4H2;1H4/t2*23?,24-,25-,30-;5?,6-,7-,9-;;/m111../s1. The number of halogens is 2. The third kappa shape index (κ3) is 21.2. The maximum atomic E-state index is 13.4. The maximum absolute atomic E-state index is 13.4. The van der Waals surface area contributed by atoms with Crippen molar-refractivity contribution in [1.29, 1.82) is 0 Å². The number of aliphatic hydroxyl groups excluding tert-OH is 3. The fraction of sp³-hybridized carbons (Fsp3) is 0.270. The molecule has 6 N–H and O–H groups in total. The van der Waals surface area contributed by atoms with Crippen molar-refractivity contribution in [2.75, 3.05) is 33.0 Å². The molecule has 3 aromatic heterocycles. The van der Waals surface area contributed by atoms with Gasteiger partial charge in [-0.15, -0.1) is 0 Å². The lowest BCUT2D eigenvalue weighted by Crippen LogP contribution is -2.49. The van der Waals surface area contributed by atoms with Crippen LogP contribution in [0.2, 0.25) is 10.0 Å². The van der Waals surface area contributed by atoms with Gasteiger partial charge in [0.1, 0.15) is 34.7 Å². The fourth-order valence-electron chi connectivity index (χ4n) is 11.6. The van der Waals surface area contributed by atoms with Crippen molar-refractivity contribution >= 4 is 83.5 Å². The van der Waals surface area contributed by atoms with Gasteiger partial charge in [0.05, 0.1) is 40.0 Å². The van der Waals surface area contributed by atoms with Crippen LogP contribution < -0.4 is 22.6 Å². The summed E-state index contributed by atoms with van der Waals surface area (Å²) in [6, 6.07) is 46.5. The number of aliphatic hydroxyl groups is 3. The number of nitrogens with one attached hydrogen (secondary N) is 3. The van der Waals surface area contributed by atoms with Gasteiger partial charge in [0, 0.05) is 62.7 Å². The summed E-state index contributed by atoms with van der Waals surface area (Å²) in [4.78, 5) is 144. The van der Waals surface area contributed by atoms with E-state index in [1.54, 1.807) is 78.9 Å². The van der Waals surface area contributed by atoms with Gasteiger partial charge in [-0.25, -0.2) is 43.2 Å². The smallest absolute Gasteiger partial charge is 0.338 e. The van der Waals surface area contributed by atoms with Crippen molar-refractivity contribution in [2.45, 2.75) is 92.8 Å². The molecule has 0 bridgehead atoms. The zero-order valence-electron chi connectivity index (χ0n) is 59.2. The number of H-pyrrole nitrogens is 3. The van der Waals surface area contributed by atoms with Crippen molar-refractivity contribution in [2.24, 2.45) is 15.3 Å². The van der Waals surface area contributed by atoms with E-state index >= 15 is 0 Å². The van der Waals surface area contributed by atoms with Crippen molar-refractivity contribution in [3.8, 4) is 0 Å². The summed E-state index contributed by atoms with van der Waals surface area (Å²) in [5.41, 5.74) is 18.2. The van der Waals surface area contributed by atoms with Crippen molar-refractivity contribution in [3.05, 3.63) is 332 Å². The highest BCUT2D eigenvalue weighted by molar-refractivity contribution is 7.71. The van der Waals surface area contributed by atoms with E-state index < -0.39 is 151 Å². The molecule has 12 atom stereocenters. The Bertz CT molecular complexity index is 5270. The first kappa shape index (κ1) is 87.2. The lowest BCUT2D eigenvalue weighted by molar-refractivity contribution is -0.129. The number of aromatic nitrogens is 6. The van der Waals surface area contributed by atoms with Crippen molar-refractivity contribution in [3.63, 3.8) is 0 Å². The molecule has 0 amide bonds. The normalized spacial score (nSPS) is 22.5. The Hall–Kier alpha value is -12.8. The largest absolute Gasteiger partial charge is 0.459 e. The third-order valence-electron chi connectivity index (χ3n) is 17.1.